The molecular formula is C13H21N3O3. The van der Waals surface area contributed by atoms with Gasteiger partial charge in [0.1, 0.15) is 12.1 Å². The molecular weight excluding hydrogens is 246 g/mol. The van der Waals surface area contributed by atoms with Gasteiger partial charge in [-0.3, -0.25) is 4.79 Å². The Labute approximate surface area is 112 Å². The van der Waals surface area contributed by atoms with Gasteiger partial charge in [0.15, 0.2) is 0 Å². The predicted octanol–water partition coefficient (Wildman–Crippen LogP) is 0.779. The highest BCUT2D eigenvalue weighted by molar-refractivity contribution is 5.76. The van der Waals surface area contributed by atoms with Crippen molar-refractivity contribution in [2.45, 2.75) is 57.5 Å². The Morgan fingerprint density at radius 3 is 2.84 bits per heavy atom. The summed E-state index contributed by atoms with van der Waals surface area (Å²) in [7, 11) is 0. The second kappa shape index (κ2) is 6.16. The van der Waals surface area contributed by atoms with E-state index in [2.05, 4.69) is 9.97 Å². The van der Waals surface area contributed by atoms with Crippen molar-refractivity contribution in [1.29, 1.82) is 0 Å². The summed E-state index contributed by atoms with van der Waals surface area (Å²) in [5.41, 5.74) is 6.67. The third kappa shape index (κ3) is 4.04. The second-order valence-electron chi connectivity index (χ2n) is 5.18. The molecule has 2 rings (SSSR count). The maximum atomic E-state index is 11.9. The molecule has 106 valence electrons. The molecule has 3 N–H and O–H groups in total. The summed E-state index contributed by atoms with van der Waals surface area (Å²) < 4.78 is 11.1. The third-order valence-electron chi connectivity index (χ3n) is 3.23. The van der Waals surface area contributed by atoms with E-state index in [-0.39, 0.29) is 24.3 Å². The number of nitrogens with two attached hydrogens (primary N) is 1. The number of carbonyl (C=O) groups is 1. The van der Waals surface area contributed by atoms with Crippen LogP contribution in [0.25, 0.3) is 0 Å². The van der Waals surface area contributed by atoms with E-state index in [1.54, 1.807) is 12.5 Å². The van der Waals surface area contributed by atoms with Crippen molar-refractivity contribution in [3.8, 4) is 0 Å². The molecule has 1 aliphatic rings. The second-order valence-corrected chi connectivity index (χ2v) is 5.18. The van der Waals surface area contributed by atoms with E-state index in [0.717, 1.165) is 18.5 Å². The van der Waals surface area contributed by atoms with Crippen molar-refractivity contribution < 1.29 is 14.3 Å². The van der Waals surface area contributed by atoms with Crippen LogP contribution in [0.4, 0.5) is 0 Å². The van der Waals surface area contributed by atoms with Crippen LogP contribution in [0, 0.1) is 0 Å². The first kappa shape index (κ1) is 14.0. The first-order valence-corrected chi connectivity index (χ1v) is 6.63. The number of aromatic amines is 1. The number of ether oxygens (including phenoxy) is 2. The Morgan fingerprint density at radius 1 is 1.58 bits per heavy atom. The fourth-order valence-corrected chi connectivity index (χ4v) is 2.41. The summed E-state index contributed by atoms with van der Waals surface area (Å²) in [4.78, 5) is 18.7. The minimum absolute atomic E-state index is 0.0981. The smallest absolute Gasteiger partial charge is 0.323 e. The van der Waals surface area contributed by atoms with Crippen LogP contribution >= 0.6 is 0 Å². The molecule has 3 atom stereocenters. The van der Waals surface area contributed by atoms with Gasteiger partial charge in [0.2, 0.25) is 0 Å². The largest absolute Gasteiger partial charge is 0.461 e. The van der Waals surface area contributed by atoms with Crippen LogP contribution in [-0.4, -0.2) is 40.3 Å². The summed E-state index contributed by atoms with van der Waals surface area (Å²) in [6, 6.07) is -0.658. The highest BCUT2D eigenvalue weighted by atomic mass is 16.6. The van der Waals surface area contributed by atoms with Crippen molar-refractivity contribution in [2.24, 2.45) is 5.73 Å². The van der Waals surface area contributed by atoms with Gasteiger partial charge in [0, 0.05) is 31.2 Å². The van der Waals surface area contributed by atoms with Crippen LogP contribution in [0.15, 0.2) is 12.5 Å². The topological polar surface area (TPSA) is 90.2 Å². The van der Waals surface area contributed by atoms with Crippen molar-refractivity contribution in [3.63, 3.8) is 0 Å². The van der Waals surface area contributed by atoms with Gasteiger partial charge in [-0.15, -0.1) is 0 Å². The molecule has 1 fully saturated rings. The average Bonchev–Trinajstić information content (AvgIpc) is 2.80. The number of esters is 1. The Kier molecular flexibility index (Phi) is 4.55. The number of nitrogens with one attached hydrogen (secondary N) is 1. The molecule has 0 aromatic carbocycles. The first-order chi connectivity index (χ1) is 9.04. The molecule has 2 heterocycles. The summed E-state index contributed by atoms with van der Waals surface area (Å²) in [5.74, 6) is -0.360. The monoisotopic (exact) mass is 267 g/mol. The zero-order chi connectivity index (χ0) is 13.8. The quantitative estimate of drug-likeness (QED) is 0.787. The average molecular weight is 267 g/mol. The molecule has 1 aromatic heterocycles. The van der Waals surface area contributed by atoms with Gasteiger partial charge in [-0.1, -0.05) is 0 Å². The fraction of sp³-hybridized carbons (Fsp3) is 0.692. The van der Waals surface area contributed by atoms with Crippen molar-refractivity contribution >= 4 is 5.97 Å². The minimum atomic E-state index is -0.658. The Bertz CT molecular complexity index is 397. The number of H-pyrrole nitrogens is 1. The van der Waals surface area contributed by atoms with Crippen LogP contribution in [0.2, 0.25) is 0 Å². The minimum Gasteiger partial charge on any atom is -0.461 e. The van der Waals surface area contributed by atoms with Gasteiger partial charge in [-0.25, -0.2) is 4.98 Å². The van der Waals surface area contributed by atoms with Crippen LogP contribution in [0.3, 0.4) is 0 Å². The molecule has 0 saturated carbocycles. The van der Waals surface area contributed by atoms with E-state index in [4.69, 9.17) is 15.2 Å². The summed E-state index contributed by atoms with van der Waals surface area (Å²) in [6.45, 7) is 3.97. The molecule has 19 heavy (non-hydrogen) atoms. The van der Waals surface area contributed by atoms with Gasteiger partial charge in [-0.05, 0) is 13.8 Å². The van der Waals surface area contributed by atoms with E-state index in [9.17, 15) is 4.79 Å². The number of hydrogen-bond donors (Lipinski definition) is 2. The first-order valence-electron chi connectivity index (χ1n) is 6.63. The van der Waals surface area contributed by atoms with E-state index >= 15 is 0 Å². The number of aromatic nitrogens is 2. The lowest BCUT2D eigenvalue weighted by atomic mass is 10.0. The zero-order valence-corrected chi connectivity index (χ0v) is 11.3. The van der Waals surface area contributed by atoms with Crippen molar-refractivity contribution in [2.75, 3.05) is 0 Å². The standard InChI is InChI=1S/C13H21N3O3/c1-8-3-11(4-9(2)18-8)19-13(17)12(14)5-10-6-15-7-16-10/h6-9,11-12H,3-5,14H2,1-2H3,(H,15,16)/t8?,9?,11?,12-/m1/s1. The Hall–Kier alpha value is -1.40. The lowest BCUT2D eigenvalue weighted by Gasteiger charge is -2.32. The Balaban J connectivity index is 1.82. The van der Waals surface area contributed by atoms with E-state index in [1.807, 2.05) is 13.8 Å². The van der Waals surface area contributed by atoms with Crippen molar-refractivity contribution in [3.05, 3.63) is 18.2 Å². The van der Waals surface area contributed by atoms with Gasteiger partial charge in [0.25, 0.3) is 0 Å². The normalized spacial score (nSPS) is 28.9. The lowest BCUT2D eigenvalue weighted by molar-refractivity contribution is -0.161. The van der Waals surface area contributed by atoms with Crippen LogP contribution in [0.5, 0.6) is 0 Å². The molecule has 1 aromatic rings. The molecule has 2 unspecified atom stereocenters. The molecule has 0 bridgehead atoms. The SMILES string of the molecule is CC1CC(OC(=O)[C@H](N)Cc2cnc[nH]2)CC(C)O1. The third-order valence-corrected chi connectivity index (χ3v) is 3.23. The van der Waals surface area contributed by atoms with Gasteiger partial charge < -0.3 is 20.2 Å². The number of nitrogens with zero attached hydrogens (tertiary/aromatic N) is 1. The maximum absolute atomic E-state index is 11.9. The molecule has 1 aliphatic heterocycles. The highest BCUT2D eigenvalue weighted by Gasteiger charge is 2.28. The molecule has 6 heteroatoms. The van der Waals surface area contributed by atoms with Crippen LogP contribution in [0.1, 0.15) is 32.4 Å². The number of rotatable bonds is 4. The summed E-state index contributed by atoms with van der Waals surface area (Å²) in [6.07, 6.45) is 5.23. The zero-order valence-electron chi connectivity index (χ0n) is 11.3. The predicted molar refractivity (Wildman–Crippen MR) is 69.4 cm³/mol. The van der Waals surface area contributed by atoms with E-state index < -0.39 is 6.04 Å². The van der Waals surface area contributed by atoms with Crippen LogP contribution in [-0.2, 0) is 20.7 Å². The van der Waals surface area contributed by atoms with Gasteiger partial charge in [-0.2, -0.15) is 0 Å². The molecule has 0 aliphatic carbocycles. The fourth-order valence-electron chi connectivity index (χ4n) is 2.41. The lowest BCUT2D eigenvalue weighted by Crippen LogP contribution is -2.41. The number of imidazole rings is 1. The molecule has 6 nitrogen and oxygen atoms in total. The number of carbonyl (C=O) groups excluding carboxylic acids is 1. The van der Waals surface area contributed by atoms with Gasteiger partial charge >= 0.3 is 5.97 Å². The highest BCUT2D eigenvalue weighted by Crippen LogP contribution is 2.22. The summed E-state index contributed by atoms with van der Waals surface area (Å²) in [5, 5.41) is 0. The van der Waals surface area contributed by atoms with E-state index in [1.165, 1.54) is 0 Å². The van der Waals surface area contributed by atoms with Gasteiger partial charge in [0.05, 0.1) is 18.5 Å². The number of hydrogen-bond acceptors (Lipinski definition) is 5. The molecule has 1 saturated heterocycles. The summed E-state index contributed by atoms with van der Waals surface area (Å²) >= 11 is 0. The molecule has 0 amide bonds. The van der Waals surface area contributed by atoms with E-state index in [0.29, 0.717) is 6.42 Å². The van der Waals surface area contributed by atoms with Crippen LogP contribution < -0.4 is 5.73 Å². The Morgan fingerprint density at radius 2 is 2.26 bits per heavy atom. The maximum Gasteiger partial charge on any atom is 0.323 e. The molecule has 0 spiro atoms. The van der Waals surface area contributed by atoms with Crippen molar-refractivity contribution in [1.82, 2.24) is 9.97 Å². The molecule has 0 radical (unpaired) electrons.